The molecule has 1 unspecified atom stereocenters. The molecule has 0 radical (unpaired) electrons. The normalized spacial score (nSPS) is 15.0. The minimum absolute atomic E-state index is 0.302. The molecule has 6 heteroatoms. The van der Waals surface area contributed by atoms with Crippen molar-refractivity contribution in [3.8, 4) is 0 Å². The zero-order valence-electron chi connectivity index (χ0n) is 10.8. The lowest BCUT2D eigenvalue weighted by Gasteiger charge is -2.18. The molecule has 0 bridgehead atoms. The fourth-order valence-electron chi connectivity index (χ4n) is 1.11. The van der Waals surface area contributed by atoms with Gasteiger partial charge in [-0.3, -0.25) is 4.98 Å². The maximum atomic E-state index is 12.5. The van der Waals surface area contributed by atoms with E-state index in [-0.39, 0.29) is 5.69 Å². The Balaban J connectivity index is 3.00. The Labute approximate surface area is 109 Å². The average Bonchev–Trinajstić information content (AvgIpc) is 2.27. The maximum Gasteiger partial charge on any atom is 0.280 e. The quantitative estimate of drug-likeness (QED) is 0.627. The molecule has 100 valence electrons. The predicted octanol–water partition coefficient (Wildman–Crippen LogP) is 3.29. The number of hydrogen-bond donors (Lipinski definition) is 0. The van der Waals surface area contributed by atoms with E-state index in [0.717, 1.165) is 0 Å². The van der Waals surface area contributed by atoms with E-state index in [1.807, 2.05) is 0 Å². The first-order valence-corrected chi connectivity index (χ1v) is 6.54. The van der Waals surface area contributed by atoms with Gasteiger partial charge in [-0.15, -0.1) is 0 Å². The number of aromatic nitrogens is 1. The predicted molar refractivity (Wildman–Crippen MR) is 69.3 cm³/mol. The standard InChI is InChI=1S/C12H16F2N2OS/c1-8(16-18(17)12(2,3)4)9-5-6-15-10(7-9)11(13)14/h5-7,11H,1-4H3/b16-8-. The number of alkyl halides is 2. The lowest BCUT2D eigenvalue weighted by Crippen LogP contribution is -2.26. The third-order valence-corrected chi connectivity index (χ3v) is 3.65. The summed E-state index contributed by atoms with van der Waals surface area (Å²) < 4.78 is 40.4. The zero-order valence-corrected chi connectivity index (χ0v) is 11.6. The molecule has 1 aromatic heterocycles. The second kappa shape index (κ2) is 5.75. The van der Waals surface area contributed by atoms with E-state index in [4.69, 9.17) is 0 Å². The summed E-state index contributed by atoms with van der Waals surface area (Å²) >= 11 is -1.41. The van der Waals surface area contributed by atoms with Crippen LogP contribution in [0.3, 0.4) is 0 Å². The first kappa shape index (κ1) is 15.0. The van der Waals surface area contributed by atoms with E-state index in [1.165, 1.54) is 12.3 Å². The van der Waals surface area contributed by atoms with Crippen LogP contribution in [-0.2, 0) is 11.4 Å². The highest BCUT2D eigenvalue weighted by Gasteiger charge is 2.26. The van der Waals surface area contributed by atoms with Gasteiger partial charge in [-0.25, -0.2) is 8.78 Å². The molecule has 0 aliphatic heterocycles. The minimum atomic E-state index is -2.62. The highest BCUT2D eigenvalue weighted by atomic mass is 32.2. The van der Waals surface area contributed by atoms with E-state index < -0.39 is 22.5 Å². The lowest BCUT2D eigenvalue weighted by atomic mass is 10.1. The van der Waals surface area contributed by atoms with Crippen LogP contribution in [0.25, 0.3) is 0 Å². The largest absolute Gasteiger partial charge is 0.591 e. The molecule has 0 aliphatic carbocycles. The second-order valence-electron chi connectivity index (χ2n) is 4.81. The van der Waals surface area contributed by atoms with Gasteiger partial charge >= 0.3 is 0 Å². The molecule has 0 N–H and O–H groups in total. The summed E-state index contributed by atoms with van der Waals surface area (Å²) in [6, 6.07) is 2.84. The van der Waals surface area contributed by atoms with Crippen molar-refractivity contribution in [2.75, 3.05) is 0 Å². The van der Waals surface area contributed by atoms with Gasteiger partial charge in [-0.05, 0) is 39.8 Å². The van der Waals surface area contributed by atoms with E-state index in [2.05, 4.69) is 9.38 Å². The number of pyridine rings is 1. The van der Waals surface area contributed by atoms with Gasteiger partial charge in [-0.1, -0.05) is 4.40 Å². The van der Waals surface area contributed by atoms with Gasteiger partial charge in [0.05, 0.1) is 5.71 Å². The van der Waals surface area contributed by atoms with Crippen LogP contribution < -0.4 is 0 Å². The van der Waals surface area contributed by atoms with Crippen LogP contribution in [0.4, 0.5) is 8.78 Å². The Kier molecular flexibility index (Phi) is 4.81. The molecule has 1 heterocycles. The minimum Gasteiger partial charge on any atom is -0.591 e. The highest BCUT2D eigenvalue weighted by molar-refractivity contribution is 7.91. The molecule has 0 saturated carbocycles. The van der Waals surface area contributed by atoms with Crippen LogP contribution in [0.5, 0.6) is 0 Å². The monoisotopic (exact) mass is 274 g/mol. The van der Waals surface area contributed by atoms with Crippen molar-refractivity contribution >= 4 is 17.1 Å². The van der Waals surface area contributed by atoms with E-state index in [1.54, 1.807) is 33.8 Å². The Morgan fingerprint density at radius 2 is 2.06 bits per heavy atom. The van der Waals surface area contributed by atoms with E-state index in [9.17, 15) is 13.3 Å². The molecule has 1 atom stereocenters. The third kappa shape index (κ3) is 4.03. The van der Waals surface area contributed by atoms with Crippen LogP contribution in [0.1, 0.15) is 45.4 Å². The van der Waals surface area contributed by atoms with Crippen LogP contribution in [0.2, 0.25) is 0 Å². The highest BCUT2D eigenvalue weighted by Crippen LogP contribution is 2.20. The van der Waals surface area contributed by atoms with Gasteiger partial charge in [0.15, 0.2) is 0 Å². The van der Waals surface area contributed by atoms with Crippen molar-refractivity contribution < 1.29 is 13.3 Å². The summed E-state index contributed by atoms with van der Waals surface area (Å²) in [4.78, 5) is 3.57. The fourth-order valence-corrected chi connectivity index (χ4v) is 1.73. The fraction of sp³-hybridized carbons (Fsp3) is 0.500. The van der Waals surface area contributed by atoms with Gasteiger partial charge in [0.25, 0.3) is 6.43 Å². The molecule has 0 fully saturated rings. The molecular weight excluding hydrogens is 258 g/mol. The van der Waals surface area contributed by atoms with Crippen LogP contribution in [-0.4, -0.2) is 20.0 Å². The smallest absolute Gasteiger partial charge is 0.280 e. The molecule has 0 amide bonds. The van der Waals surface area contributed by atoms with E-state index >= 15 is 0 Å². The van der Waals surface area contributed by atoms with Crippen molar-refractivity contribution in [3.63, 3.8) is 0 Å². The van der Waals surface area contributed by atoms with Crippen LogP contribution >= 0.6 is 0 Å². The lowest BCUT2D eigenvalue weighted by molar-refractivity contribution is 0.146. The first-order chi connectivity index (χ1) is 8.21. The van der Waals surface area contributed by atoms with Crippen molar-refractivity contribution in [2.45, 2.75) is 38.9 Å². The van der Waals surface area contributed by atoms with Crippen LogP contribution in [0, 0.1) is 0 Å². The topological polar surface area (TPSA) is 48.3 Å². The Hall–Kier alpha value is -1.01. The second-order valence-corrected chi connectivity index (χ2v) is 6.71. The molecule has 1 rings (SSSR count). The van der Waals surface area contributed by atoms with Crippen LogP contribution in [0.15, 0.2) is 22.7 Å². The number of rotatable bonds is 3. The molecule has 0 spiro atoms. The van der Waals surface area contributed by atoms with Gasteiger partial charge in [-0.2, -0.15) is 0 Å². The summed E-state index contributed by atoms with van der Waals surface area (Å²) in [6.07, 6.45) is -1.32. The van der Waals surface area contributed by atoms with Gasteiger partial charge < -0.3 is 4.55 Å². The van der Waals surface area contributed by atoms with Crippen molar-refractivity contribution in [1.82, 2.24) is 4.98 Å². The molecular formula is C12H16F2N2OS. The molecule has 1 aromatic rings. The number of nitrogens with zero attached hydrogens (tertiary/aromatic N) is 2. The Morgan fingerprint density at radius 1 is 1.44 bits per heavy atom. The van der Waals surface area contributed by atoms with Crippen molar-refractivity contribution in [1.29, 1.82) is 0 Å². The Morgan fingerprint density at radius 3 is 2.56 bits per heavy atom. The number of halogens is 2. The van der Waals surface area contributed by atoms with E-state index in [0.29, 0.717) is 11.3 Å². The number of hydrogen-bond acceptors (Lipinski definition) is 3. The molecule has 18 heavy (non-hydrogen) atoms. The third-order valence-electron chi connectivity index (χ3n) is 2.17. The first-order valence-electron chi connectivity index (χ1n) is 5.43. The summed E-state index contributed by atoms with van der Waals surface area (Å²) in [7, 11) is 0. The van der Waals surface area contributed by atoms with Gasteiger partial charge in [0.1, 0.15) is 21.8 Å². The Bertz CT molecular complexity index is 444. The SMILES string of the molecule is C/C(=N/[S+]([O-])C(C)(C)C)c1ccnc(C(F)F)c1. The summed E-state index contributed by atoms with van der Waals surface area (Å²) in [5.41, 5.74) is 0.675. The summed E-state index contributed by atoms with van der Waals surface area (Å²) in [5, 5.41) is 0. The summed E-state index contributed by atoms with van der Waals surface area (Å²) in [6.45, 7) is 7.05. The average molecular weight is 274 g/mol. The van der Waals surface area contributed by atoms with Gasteiger partial charge in [0, 0.05) is 11.8 Å². The molecule has 0 aromatic carbocycles. The maximum absolute atomic E-state index is 12.5. The van der Waals surface area contributed by atoms with Crippen molar-refractivity contribution in [2.24, 2.45) is 4.40 Å². The molecule has 0 aliphatic rings. The molecule has 3 nitrogen and oxygen atoms in total. The summed E-state index contributed by atoms with van der Waals surface area (Å²) in [5.74, 6) is 0. The molecule has 0 saturated heterocycles. The van der Waals surface area contributed by atoms with Gasteiger partial charge in [0.2, 0.25) is 0 Å². The zero-order chi connectivity index (χ0) is 13.9. The van der Waals surface area contributed by atoms with Crippen molar-refractivity contribution in [3.05, 3.63) is 29.6 Å².